The Morgan fingerprint density at radius 3 is 2.51 bits per heavy atom. The van der Waals surface area contributed by atoms with Crippen LogP contribution in [0.15, 0.2) is 18.2 Å². The number of benzene rings is 1. The summed E-state index contributed by atoms with van der Waals surface area (Å²) in [6.45, 7) is 6.93. The number of nitrogens with zero attached hydrogens (tertiary/aromatic N) is 3. The minimum atomic E-state index is -0.188. The molecule has 2 amide bonds. The molecule has 3 N–H and O–H groups in total. The standard InChI is InChI=1S/C28H43FN6O2/c29-24-10-9-21(31-28(36)34-11-5-6-12-34)17-22(24)26-23(20-7-3-1-2-4-8-20)19-35-25(18-30-27(35)32-26)33-13-15-37-16-14-33/h9-10,17,20,23,25-27,30,32H,1-8,11-16,18-19H2,(H,31,36). The summed E-state index contributed by atoms with van der Waals surface area (Å²) in [4.78, 5) is 19.7. The molecular formula is C28H43FN6O2. The van der Waals surface area contributed by atoms with E-state index in [2.05, 4.69) is 25.8 Å². The Hall–Kier alpha value is -1.78. The van der Waals surface area contributed by atoms with Crippen LogP contribution in [0.1, 0.15) is 63.0 Å². The fourth-order valence-corrected chi connectivity index (χ4v) is 7.33. The first-order valence-electron chi connectivity index (χ1n) is 14.6. The third-order valence-corrected chi connectivity index (χ3v) is 9.34. The first kappa shape index (κ1) is 25.5. The van der Waals surface area contributed by atoms with Gasteiger partial charge in [-0.15, -0.1) is 0 Å². The van der Waals surface area contributed by atoms with E-state index in [1.165, 1.54) is 44.6 Å². The van der Waals surface area contributed by atoms with Crippen LogP contribution in [-0.2, 0) is 4.74 Å². The monoisotopic (exact) mass is 514 g/mol. The van der Waals surface area contributed by atoms with Crippen molar-refractivity contribution in [3.63, 3.8) is 0 Å². The molecule has 1 aliphatic carbocycles. The van der Waals surface area contributed by atoms with Gasteiger partial charge in [0.25, 0.3) is 0 Å². The normalized spacial score (nSPS) is 32.3. The summed E-state index contributed by atoms with van der Waals surface area (Å²) < 4.78 is 21.1. The Labute approximate surface area is 220 Å². The van der Waals surface area contributed by atoms with Crippen molar-refractivity contribution >= 4 is 11.7 Å². The average Bonchev–Trinajstić information content (AvgIpc) is 3.53. The fraction of sp³-hybridized carbons (Fsp3) is 0.750. The second-order valence-corrected chi connectivity index (χ2v) is 11.6. The van der Waals surface area contributed by atoms with E-state index in [4.69, 9.17) is 4.74 Å². The summed E-state index contributed by atoms with van der Waals surface area (Å²) in [5, 5.41) is 10.6. The molecule has 204 valence electrons. The van der Waals surface area contributed by atoms with Gasteiger partial charge < -0.3 is 15.0 Å². The van der Waals surface area contributed by atoms with Crippen molar-refractivity contribution in [3.05, 3.63) is 29.6 Å². The fourth-order valence-electron chi connectivity index (χ4n) is 7.33. The van der Waals surface area contributed by atoms with Crippen LogP contribution in [0.3, 0.4) is 0 Å². The largest absolute Gasteiger partial charge is 0.379 e. The Balaban J connectivity index is 1.26. The second-order valence-electron chi connectivity index (χ2n) is 11.6. The van der Waals surface area contributed by atoms with Crippen molar-refractivity contribution in [1.82, 2.24) is 25.3 Å². The number of fused-ring (bicyclic) bond motifs is 1. The predicted molar refractivity (Wildman–Crippen MR) is 141 cm³/mol. The molecule has 4 heterocycles. The van der Waals surface area contributed by atoms with Gasteiger partial charge in [-0.05, 0) is 42.9 Å². The van der Waals surface area contributed by atoms with Gasteiger partial charge in [0.15, 0.2) is 0 Å². The molecule has 0 bridgehead atoms. The molecule has 0 radical (unpaired) electrons. The quantitative estimate of drug-likeness (QED) is 0.534. The number of carbonyl (C=O) groups is 1. The van der Waals surface area contributed by atoms with Crippen molar-refractivity contribution in [2.24, 2.45) is 11.8 Å². The van der Waals surface area contributed by atoms with Crippen molar-refractivity contribution in [1.29, 1.82) is 0 Å². The van der Waals surface area contributed by atoms with Gasteiger partial charge in [-0.1, -0.05) is 38.5 Å². The van der Waals surface area contributed by atoms with Gasteiger partial charge >= 0.3 is 6.03 Å². The van der Waals surface area contributed by atoms with Crippen molar-refractivity contribution in [3.8, 4) is 0 Å². The number of ether oxygens (including phenoxy) is 1. The summed E-state index contributed by atoms with van der Waals surface area (Å²) in [6, 6.07) is 4.94. The third kappa shape index (κ3) is 5.52. The van der Waals surface area contributed by atoms with E-state index in [9.17, 15) is 4.79 Å². The zero-order valence-corrected chi connectivity index (χ0v) is 22.0. The summed E-state index contributed by atoms with van der Waals surface area (Å²) in [7, 11) is 0. The maximum absolute atomic E-state index is 15.5. The number of nitrogens with one attached hydrogen (secondary N) is 3. The summed E-state index contributed by atoms with van der Waals surface area (Å²) >= 11 is 0. The highest BCUT2D eigenvalue weighted by molar-refractivity contribution is 5.89. The van der Waals surface area contributed by atoms with Crippen LogP contribution in [0.4, 0.5) is 14.9 Å². The number of anilines is 1. The molecule has 0 spiro atoms. The molecule has 0 aromatic heterocycles. The molecule has 37 heavy (non-hydrogen) atoms. The second kappa shape index (κ2) is 11.5. The van der Waals surface area contributed by atoms with Crippen molar-refractivity contribution < 1.29 is 13.9 Å². The van der Waals surface area contributed by atoms with E-state index in [0.29, 0.717) is 29.3 Å². The Bertz CT molecular complexity index is 929. The number of urea groups is 1. The molecule has 1 aromatic rings. The lowest BCUT2D eigenvalue weighted by Gasteiger charge is -2.48. The Morgan fingerprint density at radius 2 is 1.76 bits per heavy atom. The summed E-state index contributed by atoms with van der Waals surface area (Å²) in [5.74, 6) is 0.692. The number of hydrogen-bond acceptors (Lipinski definition) is 6. The lowest BCUT2D eigenvalue weighted by atomic mass is 9.77. The molecule has 5 fully saturated rings. The molecule has 4 unspecified atom stereocenters. The van der Waals surface area contributed by atoms with Gasteiger partial charge in [-0.3, -0.25) is 20.4 Å². The zero-order valence-electron chi connectivity index (χ0n) is 22.0. The minimum absolute atomic E-state index is 0.0159. The van der Waals surface area contributed by atoms with Gasteiger partial charge in [0, 0.05) is 56.6 Å². The molecule has 4 aliphatic heterocycles. The first-order valence-corrected chi connectivity index (χ1v) is 14.6. The first-order chi connectivity index (χ1) is 18.2. The van der Waals surface area contributed by atoms with Crippen LogP contribution in [-0.4, -0.2) is 85.7 Å². The molecule has 5 aliphatic rings. The van der Waals surface area contributed by atoms with Gasteiger partial charge in [0.2, 0.25) is 0 Å². The molecular weight excluding hydrogens is 471 g/mol. The summed E-state index contributed by atoms with van der Waals surface area (Å²) in [6.07, 6.45) is 10.0. The maximum Gasteiger partial charge on any atom is 0.321 e. The van der Waals surface area contributed by atoms with Gasteiger partial charge in [0.05, 0.1) is 19.4 Å². The predicted octanol–water partition coefficient (Wildman–Crippen LogP) is 3.53. The van der Waals surface area contributed by atoms with Gasteiger partial charge in [0.1, 0.15) is 12.1 Å². The number of likely N-dealkylation sites (tertiary alicyclic amines) is 1. The molecule has 8 nitrogen and oxygen atoms in total. The zero-order chi connectivity index (χ0) is 25.2. The molecule has 4 saturated heterocycles. The van der Waals surface area contributed by atoms with E-state index in [0.717, 1.165) is 65.3 Å². The van der Waals surface area contributed by atoms with Gasteiger partial charge in [-0.25, -0.2) is 9.18 Å². The van der Waals surface area contributed by atoms with E-state index < -0.39 is 0 Å². The van der Waals surface area contributed by atoms with E-state index in [-0.39, 0.29) is 24.2 Å². The molecule has 4 atom stereocenters. The molecule has 1 saturated carbocycles. The smallest absolute Gasteiger partial charge is 0.321 e. The molecule has 9 heteroatoms. The van der Waals surface area contributed by atoms with Crippen LogP contribution in [0.2, 0.25) is 0 Å². The number of hydrogen-bond donors (Lipinski definition) is 3. The van der Waals surface area contributed by atoms with E-state index in [1.54, 1.807) is 6.07 Å². The lowest BCUT2D eigenvalue weighted by Crippen LogP contribution is -2.62. The highest BCUT2D eigenvalue weighted by Gasteiger charge is 2.47. The SMILES string of the molecule is O=C(Nc1ccc(F)c(C2NC3NCC(N4CCOCC4)N3CC2C2CCCCCC2)c1)N1CCCC1. The Kier molecular flexibility index (Phi) is 7.95. The number of rotatable bonds is 4. The topological polar surface area (TPSA) is 72.1 Å². The third-order valence-electron chi connectivity index (χ3n) is 9.34. The van der Waals surface area contributed by atoms with Crippen LogP contribution < -0.4 is 16.0 Å². The Morgan fingerprint density at radius 1 is 1.00 bits per heavy atom. The lowest BCUT2D eigenvalue weighted by molar-refractivity contribution is -0.0548. The van der Waals surface area contributed by atoms with Crippen LogP contribution in [0.25, 0.3) is 0 Å². The van der Waals surface area contributed by atoms with Crippen molar-refractivity contribution in [2.45, 2.75) is 69.9 Å². The number of morpholine rings is 1. The van der Waals surface area contributed by atoms with Crippen molar-refractivity contribution in [2.75, 3.05) is 57.8 Å². The summed E-state index contributed by atoms with van der Waals surface area (Å²) in [5.41, 5.74) is 1.37. The van der Waals surface area contributed by atoms with E-state index >= 15 is 4.39 Å². The highest BCUT2D eigenvalue weighted by Crippen LogP contribution is 2.42. The number of amides is 2. The van der Waals surface area contributed by atoms with Crippen LogP contribution >= 0.6 is 0 Å². The highest BCUT2D eigenvalue weighted by atomic mass is 19.1. The van der Waals surface area contributed by atoms with Crippen LogP contribution in [0.5, 0.6) is 0 Å². The van der Waals surface area contributed by atoms with Crippen LogP contribution in [0, 0.1) is 17.7 Å². The van der Waals surface area contributed by atoms with E-state index in [1.807, 2.05) is 11.0 Å². The molecule has 1 aromatic carbocycles. The van der Waals surface area contributed by atoms with Gasteiger partial charge in [-0.2, -0.15) is 0 Å². The average molecular weight is 515 g/mol. The molecule has 6 rings (SSSR count). The number of halogens is 1. The maximum atomic E-state index is 15.5. The number of carbonyl (C=O) groups excluding carboxylic acids is 1. The minimum Gasteiger partial charge on any atom is -0.379 e.